The molecule has 1 aliphatic rings. The molecule has 1 fully saturated rings. The van der Waals surface area contributed by atoms with Crippen molar-refractivity contribution in [1.82, 2.24) is 15.0 Å². The lowest BCUT2D eigenvalue weighted by molar-refractivity contribution is 0.947. The Morgan fingerprint density at radius 2 is 1.95 bits per heavy atom. The summed E-state index contributed by atoms with van der Waals surface area (Å²) in [6.07, 6.45) is 4.45. The maximum absolute atomic E-state index is 4.62. The van der Waals surface area contributed by atoms with E-state index in [9.17, 15) is 0 Å². The lowest BCUT2D eigenvalue weighted by Gasteiger charge is -2.16. The Labute approximate surface area is 121 Å². The van der Waals surface area contributed by atoms with Gasteiger partial charge in [0, 0.05) is 30.1 Å². The number of anilines is 1. The summed E-state index contributed by atoms with van der Waals surface area (Å²) in [6, 6.07) is 2.10. The summed E-state index contributed by atoms with van der Waals surface area (Å²) >= 11 is 1.75. The van der Waals surface area contributed by atoms with Crippen LogP contribution >= 0.6 is 11.3 Å². The number of hydrogen-bond acceptors (Lipinski definition) is 5. The Kier molecular flexibility index (Phi) is 2.63. The molecule has 4 nitrogen and oxygen atoms in total. The highest BCUT2D eigenvalue weighted by Crippen LogP contribution is 2.39. The normalized spacial score (nSPS) is 15.6. The van der Waals surface area contributed by atoms with Crippen LogP contribution in [0.2, 0.25) is 0 Å². The van der Waals surface area contributed by atoms with Crippen molar-refractivity contribution in [2.45, 2.75) is 26.7 Å². The van der Waals surface area contributed by atoms with Crippen molar-refractivity contribution in [2.24, 2.45) is 0 Å². The Bertz CT molecular complexity index is 802. The average Bonchev–Trinajstić information content (AvgIpc) is 3.04. The molecular formula is C15H16N4S. The first-order valence-corrected chi connectivity index (χ1v) is 7.83. The zero-order chi connectivity index (χ0) is 13.7. The minimum Gasteiger partial charge on any atom is -0.355 e. The monoisotopic (exact) mass is 284 g/mol. The fourth-order valence-electron chi connectivity index (χ4n) is 3.05. The minimum atomic E-state index is 0.845. The summed E-state index contributed by atoms with van der Waals surface area (Å²) in [5.41, 5.74) is 1.07. The van der Waals surface area contributed by atoms with Gasteiger partial charge in [0.15, 0.2) is 0 Å². The largest absolute Gasteiger partial charge is 0.355 e. The van der Waals surface area contributed by atoms with Crippen molar-refractivity contribution < 1.29 is 0 Å². The highest BCUT2D eigenvalue weighted by atomic mass is 32.1. The predicted octanol–water partition coefficient (Wildman–Crippen LogP) is 3.46. The number of rotatable bonds is 1. The molecule has 1 saturated heterocycles. The highest BCUT2D eigenvalue weighted by Gasteiger charge is 2.19. The van der Waals surface area contributed by atoms with Gasteiger partial charge in [-0.1, -0.05) is 0 Å². The Morgan fingerprint density at radius 1 is 1.15 bits per heavy atom. The molecule has 4 heterocycles. The predicted molar refractivity (Wildman–Crippen MR) is 83.6 cm³/mol. The van der Waals surface area contributed by atoms with E-state index >= 15 is 0 Å². The van der Waals surface area contributed by atoms with E-state index in [-0.39, 0.29) is 0 Å². The zero-order valence-corrected chi connectivity index (χ0v) is 12.5. The zero-order valence-electron chi connectivity index (χ0n) is 11.7. The fourth-order valence-corrected chi connectivity index (χ4v) is 4.33. The van der Waals surface area contributed by atoms with E-state index in [0.717, 1.165) is 35.3 Å². The molecule has 0 saturated carbocycles. The molecule has 0 amide bonds. The number of pyridine rings is 1. The van der Waals surface area contributed by atoms with Gasteiger partial charge >= 0.3 is 0 Å². The van der Waals surface area contributed by atoms with Crippen LogP contribution in [0.25, 0.3) is 20.3 Å². The smallest absolute Gasteiger partial charge is 0.146 e. The van der Waals surface area contributed by atoms with Crippen LogP contribution in [0.4, 0.5) is 5.82 Å². The van der Waals surface area contributed by atoms with Gasteiger partial charge in [0.25, 0.3) is 0 Å². The molecular weight excluding hydrogens is 268 g/mol. The Morgan fingerprint density at radius 3 is 2.75 bits per heavy atom. The molecule has 3 aromatic heterocycles. The third-order valence-corrected chi connectivity index (χ3v) is 5.02. The average molecular weight is 284 g/mol. The minimum absolute atomic E-state index is 0.845. The molecule has 4 rings (SSSR count). The number of aromatic nitrogens is 3. The first-order valence-electron chi connectivity index (χ1n) is 7.01. The topological polar surface area (TPSA) is 41.9 Å². The van der Waals surface area contributed by atoms with Crippen molar-refractivity contribution >= 4 is 37.5 Å². The Hall–Kier alpha value is -1.75. The number of fused-ring (bicyclic) bond motifs is 3. The van der Waals surface area contributed by atoms with Crippen LogP contribution in [0.5, 0.6) is 0 Å². The molecule has 0 atom stereocenters. The first-order chi connectivity index (χ1) is 9.74. The maximum atomic E-state index is 4.62. The van der Waals surface area contributed by atoms with Crippen LogP contribution in [0, 0.1) is 13.8 Å². The quantitative estimate of drug-likeness (QED) is 0.686. The van der Waals surface area contributed by atoms with Crippen LogP contribution in [-0.2, 0) is 0 Å². The van der Waals surface area contributed by atoms with Crippen molar-refractivity contribution in [1.29, 1.82) is 0 Å². The van der Waals surface area contributed by atoms with Crippen molar-refractivity contribution in [3.8, 4) is 0 Å². The maximum Gasteiger partial charge on any atom is 0.146 e. The lowest BCUT2D eigenvalue weighted by Crippen LogP contribution is -2.18. The summed E-state index contributed by atoms with van der Waals surface area (Å²) in [7, 11) is 0. The molecule has 3 aromatic rings. The van der Waals surface area contributed by atoms with E-state index in [1.165, 1.54) is 28.3 Å². The van der Waals surface area contributed by atoms with Gasteiger partial charge in [-0.25, -0.2) is 15.0 Å². The molecule has 1 aliphatic heterocycles. The summed E-state index contributed by atoms with van der Waals surface area (Å²) in [5.74, 6) is 1.97. The van der Waals surface area contributed by atoms with Gasteiger partial charge in [-0.2, -0.15) is 0 Å². The number of nitrogens with zero attached hydrogens (tertiary/aromatic N) is 4. The molecule has 5 heteroatoms. The van der Waals surface area contributed by atoms with Crippen LogP contribution in [0.1, 0.15) is 24.4 Å². The number of hydrogen-bond donors (Lipinski definition) is 0. The van der Waals surface area contributed by atoms with Gasteiger partial charge in [-0.3, -0.25) is 0 Å². The highest BCUT2D eigenvalue weighted by molar-refractivity contribution is 7.26. The van der Waals surface area contributed by atoms with E-state index < -0.39 is 0 Å². The molecule has 0 bridgehead atoms. The van der Waals surface area contributed by atoms with E-state index in [1.54, 1.807) is 11.3 Å². The number of aryl methyl sites for hydroxylation is 2. The van der Waals surface area contributed by atoms with Crippen LogP contribution in [-0.4, -0.2) is 28.0 Å². The van der Waals surface area contributed by atoms with Crippen molar-refractivity contribution in [3.63, 3.8) is 0 Å². The third kappa shape index (κ3) is 1.69. The van der Waals surface area contributed by atoms with Gasteiger partial charge in [-0.05, 0) is 32.8 Å². The number of thiophene rings is 1. The van der Waals surface area contributed by atoms with E-state index in [0.29, 0.717) is 0 Å². The first kappa shape index (κ1) is 12.0. The van der Waals surface area contributed by atoms with Crippen LogP contribution < -0.4 is 4.90 Å². The van der Waals surface area contributed by atoms with E-state index in [4.69, 9.17) is 0 Å². The van der Waals surface area contributed by atoms with E-state index in [1.807, 2.05) is 13.1 Å². The standard InChI is InChI=1S/C15H16N4S/c1-9-12-11-5-6-16-14(19-7-3-4-8-19)13(11)20-15(12)18-10(2)17-9/h5-6H,3-4,7-8H2,1-2H3. The second-order valence-electron chi connectivity index (χ2n) is 5.34. The van der Waals surface area contributed by atoms with Crippen LogP contribution in [0.15, 0.2) is 12.3 Å². The SMILES string of the molecule is Cc1nc(C)c2c(n1)sc1c(N3CCCC3)nccc12. The summed E-state index contributed by atoms with van der Waals surface area (Å²) < 4.78 is 1.26. The molecule has 20 heavy (non-hydrogen) atoms. The molecule has 102 valence electrons. The van der Waals surface area contributed by atoms with Crippen molar-refractivity contribution in [2.75, 3.05) is 18.0 Å². The second-order valence-corrected chi connectivity index (χ2v) is 6.34. The van der Waals surface area contributed by atoms with Crippen molar-refractivity contribution in [3.05, 3.63) is 23.8 Å². The molecule has 0 unspecified atom stereocenters. The summed E-state index contributed by atoms with van der Waals surface area (Å²) in [4.78, 5) is 17.2. The molecule has 0 radical (unpaired) electrons. The van der Waals surface area contributed by atoms with Crippen LogP contribution in [0.3, 0.4) is 0 Å². The fraction of sp³-hybridized carbons (Fsp3) is 0.400. The second kappa shape index (κ2) is 4.38. The van der Waals surface area contributed by atoms with E-state index in [2.05, 4.69) is 32.8 Å². The molecule has 0 N–H and O–H groups in total. The van der Waals surface area contributed by atoms with Gasteiger partial charge in [0.2, 0.25) is 0 Å². The molecule has 0 aromatic carbocycles. The molecule has 0 aliphatic carbocycles. The third-order valence-electron chi connectivity index (χ3n) is 3.93. The lowest BCUT2D eigenvalue weighted by atomic mass is 10.2. The molecule has 0 spiro atoms. The summed E-state index contributed by atoms with van der Waals surface area (Å²) in [6.45, 7) is 6.25. The summed E-state index contributed by atoms with van der Waals surface area (Å²) in [5, 5.41) is 2.44. The van der Waals surface area contributed by atoms with Gasteiger partial charge in [0.05, 0.1) is 10.4 Å². The van der Waals surface area contributed by atoms with Gasteiger partial charge in [0.1, 0.15) is 16.5 Å². The van der Waals surface area contributed by atoms with Gasteiger partial charge in [-0.15, -0.1) is 11.3 Å². The Balaban J connectivity index is 2.06. The van der Waals surface area contributed by atoms with Gasteiger partial charge < -0.3 is 4.90 Å².